The molecule has 4 aromatic carbocycles. The molecular weight excluding hydrogens is 648 g/mol. The van der Waals surface area contributed by atoms with Crippen molar-refractivity contribution in [1.29, 1.82) is 0 Å². The van der Waals surface area contributed by atoms with E-state index in [0.717, 1.165) is 39.9 Å². The van der Waals surface area contributed by atoms with Crippen LogP contribution in [0.4, 0.5) is 8.78 Å². The van der Waals surface area contributed by atoms with Crippen LogP contribution in [0, 0.1) is 11.6 Å². The van der Waals surface area contributed by atoms with E-state index in [-0.39, 0.29) is 25.9 Å². The van der Waals surface area contributed by atoms with Crippen molar-refractivity contribution in [2.75, 3.05) is 20.6 Å². The number of nitrogens with two attached hydrogens (primary N) is 1. The summed E-state index contributed by atoms with van der Waals surface area (Å²) in [6.07, 6.45) is 3.90. The summed E-state index contributed by atoms with van der Waals surface area (Å²) < 4.78 is 28.1. The zero-order valence-corrected chi connectivity index (χ0v) is 28.6. The Morgan fingerprint density at radius 2 is 1.35 bits per heavy atom. The standard InChI is InChI=1S/C41H41F2N5O3/c1-47(37(26-30-13-16-35(42)36(43)24-30)39(49)46-22-19-28-17-20-45-21-18-28)41(51)38(48(2)40(50)34-10-6-7-31(23-34)27-44)25-29-11-14-33(15-12-29)32-8-4-3-5-9-32/h3-18,20-21,23-24,37-38H,19,22,25-27,44H2,1-2H3,(H,46,49)/t37-,38-/m1/s1. The fourth-order valence-corrected chi connectivity index (χ4v) is 5.93. The summed E-state index contributed by atoms with van der Waals surface area (Å²) in [4.78, 5) is 49.0. The van der Waals surface area contributed by atoms with Crippen molar-refractivity contribution >= 4 is 17.7 Å². The fraction of sp³-hybridized carbons (Fsp3) is 0.220. The Labute approximate surface area is 296 Å². The number of aromatic nitrogens is 1. The number of hydrogen-bond donors (Lipinski definition) is 2. The molecule has 0 aliphatic heterocycles. The van der Waals surface area contributed by atoms with Crippen LogP contribution in [0.1, 0.15) is 32.6 Å². The van der Waals surface area contributed by atoms with E-state index in [2.05, 4.69) is 10.3 Å². The number of rotatable bonds is 14. The van der Waals surface area contributed by atoms with E-state index in [9.17, 15) is 23.2 Å². The number of carbonyl (C=O) groups is 3. The first-order valence-electron chi connectivity index (χ1n) is 16.7. The highest BCUT2D eigenvalue weighted by molar-refractivity contribution is 5.98. The van der Waals surface area contributed by atoms with E-state index in [4.69, 9.17) is 5.73 Å². The lowest BCUT2D eigenvalue weighted by Gasteiger charge is -2.35. The number of benzene rings is 4. The molecule has 0 saturated carbocycles. The van der Waals surface area contributed by atoms with Gasteiger partial charge in [0, 0.05) is 58.0 Å². The predicted molar refractivity (Wildman–Crippen MR) is 193 cm³/mol. The summed E-state index contributed by atoms with van der Waals surface area (Å²) in [6, 6.07) is 29.5. The number of likely N-dealkylation sites (N-methyl/N-ethyl adjacent to an activating group) is 2. The number of pyridine rings is 1. The second-order valence-corrected chi connectivity index (χ2v) is 12.4. The van der Waals surface area contributed by atoms with Gasteiger partial charge in [-0.05, 0) is 76.2 Å². The lowest BCUT2D eigenvalue weighted by molar-refractivity contribution is -0.142. The smallest absolute Gasteiger partial charge is 0.254 e. The number of carbonyl (C=O) groups excluding carboxylic acids is 3. The second kappa shape index (κ2) is 17.3. The van der Waals surface area contributed by atoms with Crippen LogP contribution in [0.2, 0.25) is 0 Å². The van der Waals surface area contributed by atoms with Crippen LogP contribution in [-0.2, 0) is 35.4 Å². The second-order valence-electron chi connectivity index (χ2n) is 12.4. The normalized spacial score (nSPS) is 12.1. The van der Waals surface area contributed by atoms with Crippen molar-refractivity contribution in [3.63, 3.8) is 0 Å². The van der Waals surface area contributed by atoms with Gasteiger partial charge in [-0.3, -0.25) is 19.4 Å². The van der Waals surface area contributed by atoms with Gasteiger partial charge in [-0.1, -0.05) is 72.8 Å². The van der Waals surface area contributed by atoms with Gasteiger partial charge in [0.05, 0.1) is 0 Å². The molecule has 0 aliphatic carbocycles. The van der Waals surface area contributed by atoms with Gasteiger partial charge in [-0.25, -0.2) is 8.78 Å². The Hall–Kier alpha value is -5.74. The highest BCUT2D eigenvalue weighted by atomic mass is 19.2. The Balaban J connectivity index is 1.45. The molecule has 0 saturated heterocycles. The summed E-state index contributed by atoms with van der Waals surface area (Å²) in [5.74, 6) is -3.43. The van der Waals surface area contributed by atoms with Crippen LogP contribution in [0.25, 0.3) is 11.1 Å². The number of hydrogen-bond acceptors (Lipinski definition) is 5. The molecule has 2 atom stereocenters. The minimum absolute atomic E-state index is 0.0881. The minimum Gasteiger partial charge on any atom is -0.354 e. The molecule has 10 heteroatoms. The molecule has 8 nitrogen and oxygen atoms in total. The Bertz CT molecular complexity index is 1940. The molecule has 0 spiro atoms. The van der Waals surface area contributed by atoms with Crippen molar-refractivity contribution < 1.29 is 23.2 Å². The lowest BCUT2D eigenvalue weighted by atomic mass is 9.97. The molecule has 5 rings (SSSR count). The van der Waals surface area contributed by atoms with Crippen molar-refractivity contribution in [3.8, 4) is 11.1 Å². The number of amides is 3. The molecule has 0 radical (unpaired) electrons. The van der Waals surface area contributed by atoms with Crippen molar-refractivity contribution in [2.24, 2.45) is 5.73 Å². The molecule has 3 amide bonds. The van der Waals surface area contributed by atoms with Gasteiger partial charge >= 0.3 is 0 Å². The van der Waals surface area contributed by atoms with Crippen molar-refractivity contribution in [1.82, 2.24) is 20.1 Å². The van der Waals surface area contributed by atoms with Gasteiger partial charge < -0.3 is 20.9 Å². The van der Waals surface area contributed by atoms with Gasteiger partial charge in [0.15, 0.2) is 11.6 Å². The molecular formula is C41H41F2N5O3. The number of nitrogens with one attached hydrogen (secondary N) is 1. The quantitative estimate of drug-likeness (QED) is 0.158. The maximum absolute atomic E-state index is 14.6. The van der Waals surface area contributed by atoms with Gasteiger partial charge in [0.1, 0.15) is 12.1 Å². The zero-order chi connectivity index (χ0) is 36.3. The minimum atomic E-state index is -1.10. The van der Waals surface area contributed by atoms with Gasteiger partial charge in [0.25, 0.3) is 5.91 Å². The van der Waals surface area contributed by atoms with Crippen molar-refractivity contribution in [2.45, 2.75) is 37.9 Å². The molecule has 0 bridgehead atoms. The highest BCUT2D eigenvalue weighted by Gasteiger charge is 2.35. The van der Waals surface area contributed by atoms with Gasteiger partial charge in [-0.2, -0.15) is 0 Å². The topological polar surface area (TPSA) is 109 Å². The molecule has 0 aliphatic rings. The van der Waals surface area contributed by atoms with Crippen LogP contribution in [0.15, 0.2) is 122 Å². The number of halogens is 2. The Morgan fingerprint density at radius 3 is 2.04 bits per heavy atom. The maximum Gasteiger partial charge on any atom is 0.254 e. The van der Waals surface area contributed by atoms with Crippen LogP contribution in [0.5, 0.6) is 0 Å². The average molecular weight is 690 g/mol. The van der Waals surface area contributed by atoms with Crippen LogP contribution in [-0.4, -0.2) is 65.2 Å². The molecule has 1 aromatic heterocycles. The molecule has 51 heavy (non-hydrogen) atoms. The summed E-state index contributed by atoms with van der Waals surface area (Å²) in [7, 11) is 3.06. The fourth-order valence-electron chi connectivity index (χ4n) is 5.93. The van der Waals surface area contributed by atoms with Crippen LogP contribution >= 0.6 is 0 Å². The Morgan fingerprint density at radius 1 is 0.686 bits per heavy atom. The zero-order valence-electron chi connectivity index (χ0n) is 28.6. The third kappa shape index (κ3) is 9.49. The molecule has 5 aromatic rings. The van der Waals surface area contributed by atoms with E-state index in [0.29, 0.717) is 17.5 Å². The van der Waals surface area contributed by atoms with Gasteiger partial charge in [-0.15, -0.1) is 0 Å². The molecule has 0 unspecified atom stereocenters. The summed E-state index contributed by atoms with van der Waals surface area (Å²) in [5, 5.41) is 2.90. The largest absolute Gasteiger partial charge is 0.354 e. The average Bonchev–Trinajstić information content (AvgIpc) is 3.17. The van der Waals surface area contributed by atoms with E-state index in [1.807, 2.05) is 72.8 Å². The first kappa shape index (κ1) is 36.5. The van der Waals surface area contributed by atoms with Crippen molar-refractivity contribution in [3.05, 3.63) is 161 Å². The first-order chi connectivity index (χ1) is 24.6. The predicted octanol–water partition coefficient (Wildman–Crippen LogP) is 5.60. The SMILES string of the molecule is CN(C(=O)c1cccc(CN)c1)[C@H](Cc1ccc(-c2ccccc2)cc1)C(=O)N(C)[C@H](Cc1ccc(F)c(F)c1)C(=O)NCCc1ccncc1. The lowest BCUT2D eigenvalue weighted by Crippen LogP contribution is -2.56. The monoisotopic (exact) mass is 689 g/mol. The first-order valence-corrected chi connectivity index (χ1v) is 16.7. The Kier molecular flexibility index (Phi) is 12.4. The molecule has 3 N–H and O–H groups in total. The van der Waals surface area contributed by atoms with Crippen LogP contribution in [0.3, 0.4) is 0 Å². The number of nitrogens with zero attached hydrogens (tertiary/aromatic N) is 3. The van der Waals surface area contributed by atoms with Gasteiger partial charge in [0.2, 0.25) is 11.8 Å². The third-order valence-electron chi connectivity index (χ3n) is 8.97. The van der Waals surface area contributed by atoms with Crippen LogP contribution < -0.4 is 11.1 Å². The van der Waals surface area contributed by atoms with E-state index in [1.165, 1.54) is 22.9 Å². The highest BCUT2D eigenvalue weighted by Crippen LogP contribution is 2.22. The third-order valence-corrected chi connectivity index (χ3v) is 8.97. The van der Waals surface area contributed by atoms with E-state index in [1.54, 1.807) is 37.6 Å². The van der Waals surface area contributed by atoms with E-state index < -0.39 is 41.4 Å². The van der Waals surface area contributed by atoms with E-state index >= 15 is 0 Å². The molecule has 1 heterocycles. The maximum atomic E-state index is 14.6. The molecule has 0 fully saturated rings. The summed E-state index contributed by atoms with van der Waals surface area (Å²) in [5.41, 5.74) is 11.1. The summed E-state index contributed by atoms with van der Waals surface area (Å²) in [6.45, 7) is 0.512. The summed E-state index contributed by atoms with van der Waals surface area (Å²) >= 11 is 0. The molecule has 262 valence electrons.